The zero-order chi connectivity index (χ0) is 20.1. The molecule has 0 aliphatic carbocycles. The van der Waals surface area contributed by atoms with Gasteiger partial charge in [-0.05, 0) is 42.7 Å². The van der Waals surface area contributed by atoms with Crippen molar-refractivity contribution in [2.75, 3.05) is 33.4 Å². The molecular weight excluding hydrogens is 360 g/mol. The van der Waals surface area contributed by atoms with E-state index < -0.39 is 5.63 Å². The number of methoxy groups -OCH3 is 1. The van der Waals surface area contributed by atoms with Gasteiger partial charge in [-0.1, -0.05) is 12.1 Å². The molecule has 1 aliphatic heterocycles. The van der Waals surface area contributed by atoms with Gasteiger partial charge in [-0.15, -0.1) is 0 Å². The molecule has 150 valence electrons. The third kappa shape index (κ3) is 4.61. The number of hydrogen-bond donors (Lipinski definition) is 1. The van der Waals surface area contributed by atoms with Gasteiger partial charge in [0.05, 0.1) is 19.8 Å². The molecule has 3 rings (SSSR count). The Bertz CT molecular complexity index is 875. The third-order valence-corrected chi connectivity index (χ3v) is 4.92. The first-order valence-corrected chi connectivity index (χ1v) is 9.39. The zero-order valence-corrected chi connectivity index (χ0v) is 16.3. The van der Waals surface area contributed by atoms with Crippen LogP contribution in [0.15, 0.2) is 39.5 Å². The summed E-state index contributed by atoms with van der Waals surface area (Å²) in [7, 11) is 1.63. The van der Waals surface area contributed by atoms with Crippen LogP contribution >= 0.6 is 0 Å². The molecule has 28 heavy (non-hydrogen) atoms. The fourth-order valence-corrected chi connectivity index (χ4v) is 3.32. The van der Waals surface area contributed by atoms with Crippen LogP contribution in [0.4, 0.5) is 0 Å². The number of benzene rings is 1. The molecule has 1 amide bonds. The third-order valence-electron chi connectivity index (χ3n) is 4.92. The summed E-state index contributed by atoms with van der Waals surface area (Å²) in [6.07, 6.45) is 1.10. The van der Waals surface area contributed by atoms with Crippen LogP contribution in [0, 0.1) is 6.92 Å². The fourth-order valence-electron chi connectivity index (χ4n) is 3.32. The topological polar surface area (TPSA) is 95.0 Å². The van der Waals surface area contributed by atoms with Crippen LogP contribution in [0.5, 0.6) is 5.75 Å². The summed E-state index contributed by atoms with van der Waals surface area (Å²) >= 11 is 0. The maximum absolute atomic E-state index is 12.8. The fraction of sp³-hybridized carbons (Fsp3) is 0.429. The molecule has 0 saturated carbocycles. The van der Waals surface area contributed by atoms with Gasteiger partial charge in [0.25, 0.3) is 5.91 Å². The first-order valence-electron chi connectivity index (χ1n) is 9.39. The average molecular weight is 386 g/mol. The SMILES string of the molecule is COc1ccc(CCc2cc(C)c(C(=O)N3CCOC(CN)C3)c(=O)o2)cc1. The predicted molar refractivity (Wildman–Crippen MR) is 105 cm³/mol. The normalized spacial score (nSPS) is 16.8. The zero-order valence-electron chi connectivity index (χ0n) is 16.3. The van der Waals surface area contributed by atoms with Crippen LogP contribution in [-0.2, 0) is 17.6 Å². The molecule has 7 heteroatoms. The highest BCUT2D eigenvalue weighted by atomic mass is 16.5. The van der Waals surface area contributed by atoms with Crippen LogP contribution in [0.3, 0.4) is 0 Å². The minimum atomic E-state index is -0.592. The number of amides is 1. The number of nitrogens with two attached hydrogens (primary N) is 1. The van der Waals surface area contributed by atoms with E-state index >= 15 is 0 Å². The number of carbonyl (C=O) groups is 1. The molecule has 1 unspecified atom stereocenters. The number of morpholine rings is 1. The lowest BCUT2D eigenvalue weighted by Crippen LogP contribution is -2.49. The number of nitrogens with zero attached hydrogens (tertiary/aromatic N) is 1. The number of hydrogen-bond acceptors (Lipinski definition) is 6. The van der Waals surface area contributed by atoms with E-state index in [0.29, 0.717) is 44.0 Å². The Morgan fingerprint density at radius 1 is 1.29 bits per heavy atom. The molecular formula is C21H26N2O5. The van der Waals surface area contributed by atoms with Crippen LogP contribution in [0.1, 0.15) is 27.2 Å². The van der Waals surface area contributed by atoms with E-state index in [1.807, 2.05) is 24.3 Å². The number of aryl methyl sites for hydroxylation is 3. The Labute approximate surface area is 164 Å². The van der Waals surface area contributed by atoms with E-state index in [2.05, 4.69) is 0 Å². The van der Waals surface area contributed by atoms with Crippen molar-refractivity contribution in [2.24, 2.45) is 5.73 Å². The van der Waals surface area contributed by atoms with Crippen molar-refractivity contribution < 1.29 is 18.7 Å². The molecule has 0 radical (unpaired) electrons. The smallest absolute Gasteiger partial charge is 0.349 e. The first-order chi connectivity index (χ1) is 13.5. The van der Waals surface area contributed by atoms with Crippen molar-refractivity contribution >= 4 is 5.91 Å². The van der Waals surface area contributed by atoms with Crippen molar-refractivity contribution in [1.29, 1.82) is 0 Å². The Hall–Kier alpha value is -2.64. The second-order valence-corrected chi connectivity index (χ2v) is 6.89. The van der Waals surface area contributed by atoms with Crippen molar-refractivity contribution in [1.82, 2.24) is 4.90 Å². The van der Waals surface area contributed by atoms with Gasteiger partial charge in [-0.25, -0.2) is 4.79 Å². The Morgan fingerprint density at radius 3 is 2.68 bits per heavy atom. The minimum absolute atomic E-state index is 0.0888. The monoisotopic (exact) mass is 386 g/mol. The van der Waals surface area contributed by atoms with E-state index in [0.717, 1.165) is 17.7 Å². The van der Waals surface area contributed by atoms with Gasteiger partial charge in [-0.3, -0.25) is 4.79 Å². The Morgan fingerprint density at radius 2 is 2.04 bits per heavy atom. The highest BCUT2D eigenvalue weighted by Gasteiger charge is 2.27. The van der Waals surface area contributed by atoms with Crippen LogP contribution in [0.2, 0.25) is 0 Å². The van der Waals surface area contributed by atoms with Crippen molar-refractivity contribution in [2.45, 2.75) is 25.9 Å². The molecule has 2 heterocycles. The van der Waals surface area contributed by atoms with Gasteiger partial charge in [0.15, 0.2) is 0 Å². The van der Waals surface area contributed by atoms with Gasteiger partial charge in [0, 0.05) is 26.1 Å². The highest BCUT2D eigenvalue weighted by Crippen LogP contribution is 2.16. The number of carbonyl (C=O) groups excluding carboxylic acids is 1. The molecule has 2 N–H and O–H groups in total. The molecule has 1 aromatic carbocycles. The summed E-state index contributed by atoms with van der Waals surface area (Å²) in [5.41, 5.74) is 6.87. The Balaban J connectivity index is 1.71. The molecule has 1 aromatic heterocycles. The molecule has 1 aliphatic rings. The molecule has 7 nitrogen and oxygen atoms in total. The van der Waals surface area contributed by atoms with Gasteiger partial charge in [0.2, 0.25) is 0 Å². The van der Waals surface area contributed by atoms with Crippen LogP contribution in [0.25, 0.3) is 0 Å². The highest BCUT2D eigenvalue weighted by molar-refractivity contribution is 5.95. The molecule has 1 atom stereocenters. The maximum Gasteiger partial charge on any atom is 0.349 e. The van der Waals surface area contributed by atoms with E-state index in [4.69, 9.17) is 19.6 Å². The summed E-state index contributed by atoms with van der Waals surface area (Å²) in [4.78, 5) is 26.9. The van der Waals surface area contributed by atoms with Crippen LogP contribution in [-0.4, -0.2) is 50.3 Å². The summed E-state index contributed by atoms with van der Waals surface area (Å²) in [5.74, 6) is 1.04. The predicted octanol–water partition coefficient (Wildman–Crippen LogP) is 1.54. The van der Waals surface area contributed by atoms with Crippen LogP contribution < -0.4 is 16.1 Å². The largest absolute Gasteiger partial charge is 0.497 e. The number of ether oxygens (including phenoxy) is 2. The maximum atomic E-state index is 12.8. The summed E-state index contributed by atoms with van der Waals surface area (Å²) in [6, 6.07) is 9.53. The van der Waals surface area contributed by atoms with Gasteiger partial charge >= 0.3 is 5.63 Å². The number of rotatable bonds is 6. The summed E-state index contributed by atoms with van der Waals surface area (Å²) in [6.45, 7) is 3.34. The van der Waals surface area contributed by atoms with E-state index in [1.54, 1.807) is 25.0 Å². The molecule has 0 bridgehead atoms. The van der Waals surface area contributed by atoms with Crippen molar-refractivity contribution in [3.05, 3.63) is 63.2 Å². The lowest BCUT2D eigenvalue weighted by atomic mass is 10.1. The summed E-state index contributed by atoms with van der Waals surface area (Å²) in [5, 5.41) is 0. The lowest BCUT2D eigenvalue weighted by molar-refractivity contribution is -0.0169. The summed E-state index contributed by atoms with van der Waals surface area (Å²) < 4.78 is 16.1. The van der Waals surface area contributed by atoms with E-state index in [1.165, 1.54) is 0 Å². The van der Waals surface area contributed by atoms with E-state index in [9.17, 15) is 9.59 Å². The minimum Gasteiger partial charge on any atom is -0.497 e. The van der Waals surface area contributed by atoms with Crippen molar-refractivity contribution in [3.8, 4) is 5.75 Å². The van der Waals surface area contributed by atoms with Gasteiger partial charge in [-0.2, -0.15) is 0 Å². The second kappa shape index (κ2) is 9.03. The Kier molecular flexibility index (Phi) is 6.49. The first kappa shape index (κ1) is 20.1. The van der Waals surface area contributed by atoms with E-state index in [-0.39, 0.29) is 17.6 Å². The van der Waals surface area contributed by atoms with Gasteiger partial charge in [0.1, 0.15) is 17.1 Å². The van der Waals surface area contributed by atoms with Crippen molar-refractivity contribution in [3.63, 3.8) is 0 Å². The molecule has 1 fully saturated rings. The lowest BCUT2D eigenvalue weighted by Gasteiger charge is -2.32. The second-order valence-electron chi connectivity index (χ2n) is 6.89. The quantitative estimate of drug-likeness (QED) is 0.809. The molecule has 2 aromatic rings. The molecule has 0 spiro atoms. The van der Waals surface area contributed by atoms with Gasteiger partial charge < -0.3 is 24.5 Å². The molecule has 1 saturated heterocycles. The standard InChI is InChI=1S/C21H26N2O5/c1-14-11-17(8-5-15-3-6-16(26-2)7-4-15)28-21(25)19(14)20(24)23-9-10-27-18(12-22)13-23/h3-4,6-7,11,18H,5,8-10,12-13,22H2,1-2H3. The average Bonchev–Trinajstić information content (AvgIpc) is 2.72.